The van der Waals surface area contributed by atoms with E-state index in [0.29, 0.717) is 12.0 Å². The highest BCUT2D eigenvalue weighted by Crippen LogP contribution is 2.29. The summed E-state index contributed by atoms with van der Waals surface area (Å²) in [6.07, 6.45) is 5.55. The van der Waals surface area contributed by atoms with Crippen molar-refractivity contribution in [3.05, 3.63) is 22.3 Å². The first-order valence-electron chi connectivity index (χ1n) is 5.65. The van der Waals surface area contributed by atoms with Crippen molar-refractivity contribution in [2.75, 3.05) is 11.2 Å². The van der Waals surface area contributed by atoms with Gasteiger partial charge in [-0.1, -0.05) is 6.42 Å². The normalized spacial score (nSPS) is 24.7. The monoisotopic (exact) mass is 302 g/mol. The Hall–Kier alpha value is -0.280. The molecule has 1 N–H and O–H groups in total. The molecule has 0 aliphatic heterocycles. The smallest absolute Gasteiger partial charge is 0.126 e. The van der Waals surface area contributed by atoms with Crippen LogP contribution in [0.2, 0.25) is 0 Å². The topological polar surface area (TPSA) is 24.9 Å². The van der Waals surface area contributed by atoms with Crippen LogP contribution < -0.4 is 5.32 Å². The zero-order chi connectivity index (χ0) is 11.5. The highest BCUT2D eigenvalue weighted by Gasteiger charge is 2.26. The fourth-order valence-electron chi connectivity index (χ4n) is 2.22. The zero-order valence-electron chi connectivity index (χ0n) is 9.34. The van der Waals surface area contributed by atoms with Crippen LogP contribution in [0.3, 0.4) is 0 Å². The summed E-state index contributed by atoms with van der Waals surface area (Å²) >= 11 is 9.41. The van der Waals surface area contributed by atoms with Crippen molar-refractivity contribution in [3.63, 3.8) is 0 Å². The average molecular weight is 304 g/mol. The molecular weight excluding hydrogens is 288 g/mol. The third-order valence-electron chi connectivity index (χ3n) is 3.24. The van der Waals surface area contributed by atoms with Gasteiger partial charge >= 0.3 is 0 Å². The minimum absolute atomic E-state index is 0.491. The fraction of sp³-hybridized carbons (Fsp3) is 0.583. The molecule has 88 valence electrons. The Morgan fingerprint density at radius 1 is 1.56 bits per heavy atom. The predicted molar refractivity (Wildman–Crippen MR) is 72.1 cm³/mol. The summed E-state index contributed by atoms with van der Waals surface area (Å²) < 4.78 is 1.05. The number of aryl methyl sites for hydroxylation is 1. The summed E-state index contributed by atoms with van der Waals surface area (Å²) in [5, 5.41) is 3.49. The second-order valence-corrected chi connectivity index (χ2v) is 5.58. The van der Waals surface area contributed by atoms with Gasteiger partial charge in [0.1, 0.15) is 5.82 Å². The van der Waals surface area contributed by atoms with Crippen molar-refractivity contribution in [2.45, 2.75) is 32.2 Å². The summed E-state index contributed by atoms with van der Waals surface area (Å²) in [6.45, 7) is 2.07. The molecule has 1 aliphatic carbocycles. The highest BCUT2D eigenvalue weighted by molar-refractivity contribution is 9.10. The summed E-state index contributed by atoms with van der Waals surface area (Å²) in [4.78, 5) is 4.37. The van der Waals surface area contributed by atoms with Crippen LogP contribution >= 0.6 is 27.5 Å². The van der Waals surface area contributed by atoms with Crippen LogP contribution in [0.5, 0.6) is 0 Å². The van der Waals surface area contributed by atoms with E-state index in [9.17, 15) is 0 Å². The maximum absolute atomic E-state index is 5.96. The lowest BCUT2D eigenvalue weighted by Crippen LogP contribution is -2.25. The lowest BCUT2D eigenvalue weighted by Gasteiger charge is -2.19. The van der Waals surface area contributed by atoms with E-state index in [1.165, 1.54) is 24.8 Å². The van der Waals surface area contributed by atoms with E-state index in [4.69, 9.17) is 11.6 Å². The number of hydrogen-bond acceptors (Lipinski definition) is 2. The molecule has 1 heterocycles. The van der Waals surface area contributed by atoms with Gasteiger partial charge in [-0.05, 0) is 53.2 Å². The molecular formula is C12H16BrClN2. The van der Waals surface area contributed by atoms with E-state index >= 15 is 0 Å². The number of aromatic nitrogens is 1. The van der Waals surface area contributed by atoms with Gasteiger partial charge in [0.15, 0.2) is 0 Å². The minimum Gasteiger partial charge on any atom is -0.367 e. The molecule has 0 aromatic carbocycles. The Morgan fingerprint density at radius 2 is 2.38 bits per heavy atom. The van der Waals surface area contributed by atoms with Crippen LogP contribution in [0, 0.1) is 12.8 Å². The van der Waals surface area contributed by atoms with E-state index < -0.39 is 0 Å². The van der Waals surface area contributed by atoms with E-state index in [-0.39, 0.29) is 0 Å². The summed E-state index contributed by atoms with van der Waals surface area (Å²) in [5.74, 6) is 2.29. The number of rotatable bonds is 3. The van der Waals surface area contributed by atoms with Gasteiger partial charge in [-0.25, -0.2) is 4.98 Å². The summed E-state index contributed by atoms with van der Waals surface area (Å²) in [5.41, 5.74) is 1.21. The van der Waals surface area contributed by atoms with E-state index in [0.717, 1.165) is 16.2 Å². The molecule has 2 rings (SSSR count). The van der Waals surface area contributed by atoms with Gasteiger partial charge in [-0.3, -0.25) is 0 Å². The van der Waals surface area contributed by atoms with Gasteiger partial charge in [0.05, 0.1) is 0 Å². The van der Waals surface area contributed by atoms with Crippen LogP contribution in [0.15, 0.2) is 16.7 Å². The maximum atomic E-state index is 5.96. The first kappa shape index (κ1) is 12.2. The third kappa shape index (κ3) is 2.69. The average Bonchev–Trinajstić information content (AvgIpc) is 2.71. The number of nitrogens with zero attached hydrogens (tertiary/aromatic N) is 1. The predicted octanol–water partition coefficient (Wildman–Crippen LogP) is 3.97. The molecule has 1 aromatic heterocycles. The quantitative estimate of drug-likeness (QED) is 0.855. The lowest BCUT2D eigenvalue weighted by molar-refractivity contribution is 0.561. The van der Waals surface area contributed by atoms with E-state index in [2.05, 4.69) is 39.2 Å². The number of nitrogens with one attached hydrogen (secondary N) is 1. The molecule has 1 saturated carbocycles. The molecule has 2 unspecified atom stereocenters. The Kier molecular flexibility index (Phi) is 4.09. The van der Waals surface area contributed by atoms with Crippen LogP contribution in [-0.2, 0) is 0 Å². The van der Waals surface area contributed by atoms with Crippen molar-refractivity contribution in [2.24, 2.45) is 5.92 Å². The van der Waals surface area contributed by atoms with Gasteiger partial charge in [0.25, 0.3) is 0 Å². The van der Waals surface area contributed by atoms with Gasteiger partial charge in [-0.2, -0.15) is 0 Å². The molecule has 1 fully saturated rings. The molecule has 0 bridgehead atoms. The Morgan fingerprint density at radius 3 is 3.06 bits per heavy atom. The second-order valence-electron chi connectivity index (χ2n) is 4.41. The van der Waals surface area contributed by atoms with Gasteiger partial charge in [0.2, 0.25) is 0 Å². The van der Waals surface area contributed by atoms with Crippen molar-refractivity contribution in [1.29, 1.82) is 0 Å². The molecule has 0 spiro atoms. The SMILES string of the molecule is Cc1cc(NC2CCCC2CCl)ncc1Br. The van der Waals surface area contributed by atoms with Crippen LogP contribution in [0.1, 0.15) is 24.8 Å². The lowest BCUT2D eigenvalue weighted by atomic mass is 10.1. The van der Waals surface area contributed by atoms with Crippen LogP contribution in [0.4, 0.5) is 5.82 Å². The number of pyridine rings is 1. The fourth-order valence-corrected chi connectivity index (χ4v) is 2.81. The first-order valence-corrected chi connectivity index (χ1v) is 6.98. The Balaban J connectivity index is 2.05. The van der Waals surface area contributed by atoms with Crippen LogP contribution in [0.25, 0.3) is 0 Å². The largest absolute Gasteiger partial charge is 0.367 e. The van der Waals surface area contributed by atoms with E-state index in [1.54, 1.807) is 0 Å². The summed E-state index contributed by atoms with van der Waals surface area (Å²) in [6, 6.07) is 2.57. The molecule has 1 aromatic rings. The molecule has 16 heavy (non-hydrogen) atoms. The van der Waals surface area contributed by atoms with Crippen molar-refractivity contribution in [3.8, 4) is 0 Å². The minimum atomic E-state index is 0.491. The molecule has 4 heteroatoms. The highest BCUT2D eigenvalue weighted by atomic mass is 79.9. The van der Waals surface area contributed by atoms with Gasteiger partial charge in [0, 0.05) is 22.6 Å². The summed E-state index contributed by atoms with van der Waals surface area (Å²) in [7, 11) is 0. The van der Waals surface area contributed by atoms with Crippen LogP contribution in [-0.4, -0.2) is 16.9 Å². The van der Waals surface area contributed by atoms with Crippen molar-refractivity contribution < 1.29 is 0 Å². The number of alkyl halides is 1. The van der Waals surface area contributed by atoms with Gasteiger partial charge in [-0.15, -0.1) is 11.6 Å². The molecule has 0 saturated heterocycles. The van der Waals surface area contributed by atoms with Gasteiger partial charge < -0.3 is 5.32 Å². The Labute approximate surface area is 110 Å². The maximum Gasteiger partial charge on any atom is 0.126 e. The second kappa shape index (κ2) is 5.37. The van der Waals surface area contributed by atoms with Crippen molar-refractivity contribution in [1.82, 2.24) is 4.98 Å². The molecule has 2 nitrogen and oxygen atoms in total. The Bertz CT molecular complexity index is 370. The van der Waals surface area contributed by atoms with E-state index in [1.807, 2.05) is 6.20 Å². The number of anilines is 1. The standard InChI is InChI=1S/C12H16BrClN2/c1-8-5-12(15-7-10(8)13)16-11-4-2-3-9(11)6-14/h5,7,9,11H,2-4,6H2,1H3,(H,15,16). The number of hydrogen-bond donors (Lipinski definition) is 1. The molecule has 1 aliphatic rings. The molecule has 0 radical (unpaired) electrons. The number of halogens is 2. The molecule has 2 atom stereocenters. The van der Waals surface area contributed by atoms with Crippen molar-refractivity contribution >= 4 is 33.3 Å². The zero-order valence-corrected chi connectivity index (χ0v) is 11.7. The molecule has 0 amide bonds. The third-order valence-corrected chi connectivity index (χ3v) is 4.46. The first-order chi connectivity index (χ1) is 7.70.